The summed E-state index contributed by atoms with van der Waals surface area (Å²) in [5.74, 6) is 1.61. The van der Waals surface area contributed by atoms with E-state index in [2.05, 4.69) is 88.6 Å². The first-order valence-electron chi connectivity index (χ1n) is 11.6. The first-order chi connectivity index (χ1) is 14.0. The van der Waals surface area contributed by atoms with Crippen LogP contribution in [-0.2, 0) is 0 Å². The second-order valence-electron chi connectivity index (χ2n) is 10.9. The van der Waals surface area contributed by atoms with Crippen molar-refractivity contribution in [3.05, 3.63) is 35.9 Å². The summed E-state index contributed by atoms with van der Waals surface area (Å²) < 4.78 is 5.97. The van der Waals surface area contributed by atoms with E-state index in [0.29, 0.717) is 12.0 Å². The zero-order chi connectivity index (χ0) is 22.3. The molecule has 1 aliphatic rings. The number of allylic oxidation sites excluding steroid dienone is 1. The summed E-state index contributed by atoms with van der Waals surface area (Å²) in [7, 11) is 0. The highest BCUT2D eigenvalue weighted by Crippen LogP contribution is 2.27. The Hall–Kier alpha value is -1.52. The van der Waals surface area contributed by atoms with Gasteiger partial charge in [0.15, 0.2) is 0 Å². The van der Waals surface area contributed by atoms with E-state index in [9.17, 15) is 0 Å². The van der Waals surface area contributed by atoms with Crippen LogP contribution >= 0.6 is 0 Å². The monoisotopic (exact) mass is 415 g/mol. The van der Waals surface area contributed by atoms with Gasteiger partial charge in [0.2, 0.25) is 0 Å². The second kappa shape index (κ2) is 11.2. The van der Waals surface area contributed by atoms with E-state index >= 15 is 0 Å². The molecule has 0 spiro atoms. The minimum Gasteiger partial charge on any atom is -0.493 e. The molecule has 1 aliphatic heterocycles. The van der Waals surface area contributed by atoms with E-state index in [4.69, 9.17) is 10.5 Å². The molecule has 30 heavy (non-hydrogen) atoms. The second-order valence-corrected chi connectivity index (χ2v) is 10.9. The highest BCUT2D eigenvalue weighted by Gasteiger charge is 2.28. The Labute approximate surface area is 185 Å². The van der Waals surface area contributed by atoms with Crippen LogP contribution < -0.4 is 15.4 Å². The lowest BCUT2D eigenvalue weighted by Gasteiger charge is -2.31. The van der Waals surface area contributed by atoms with Gasteiger partial charge in [0.05, 0.1) is 6.61 Å². The first-order valence-corrected chi connectivity index (χ1v) is 11.6. The molecule has 1 heterocycles. The predicted molar refractivity (Wildman–Crippen MR) is 130 cm³/mol. The van der Waals surface area contributed by atoms with E-state index in [-0.39, 0.29) is 11.5 Å². The minimum atomic E-state index is 0.165. The normalized spacial score (nSPS) is 18.5. The first kappa shape index (κ1) is 24.7. The van der Waals surface area contributed by atoms with Crippen molar-refractivity contribution in [2.24, 2.45) is 17.1 Å². The number of anilines is 1. The molecule has 2 N–H and O–H groups in total. The van der Waals surface area contributed by atoms with Gasteiger partial charge in [-0.25, -0.2) is 0 Å². The van der Waals surface area contributed by atoms with E-state index in [1.54, 1.807) is 0 Å². The van der Waals surface area contributed by atoms with Gasteiger partial charge in [0, 0.05) is 44.0 Å². The highest BCUT2D eigenvalue weighted by molar-refractivity contribution is 5.51. The van der Waals surface area contributed by atoms with Gasteiger partial charge < -0.3 is 15.4 Å². The van der Waals surface area contributed by atoms with Crippen LogP contribution in [0.4, 0.5) is 5.69 Å². The van der Waals surface area contributed by atoms with Crippen molar-refractivity contribution in [2.45, 2.75) is 73.4 Å². The third kappa shape index (κ3) is 8.69. The predicted octanol–water partition coefficient (Wildman–Crippen LogP) is 5.33. The fourth-order valence-electron chi connectivity index (χ4n) is 4.02. The lowest BCUT2D eigenvalue weighted by molar-refractivity contribution is 0.198. The highest BCUT2D eigenvalue weighted by atomic mass is 16.5. The minimum absolute atomic E-state index is 0.165. The van der Waals surface area contributed by atoms with E-state index in [1.165, 1.54) is 17.7 Å². The van der Waals surface area contributed by atoms with Crippen LogP contribution in [0, 0.1) is 11.3 Å². The molecule has 0 aromatic heterocycles. The number of nitrogens with two attached hydrogens (primary N) is 1. The molecule has 0 bridgehead atoms. The Morgan fingerprint density at radius 1 is 1.23 bits per heavy atom. The van der Waals surface area contributed by atoms with Crippen molar-refractivity contribution in [1.82, 2.24) is 4.90 Å². The molecule has 0 amide bonds. The summed E-state index contributed by atoms with van der Waals surface area (Å²) in [6, 6.07) is 9.44. The smallest absolute Gasteiger partial charge is 0.119 e. The van der Waals surface area contributed by atoms with Crippen molar-refractivity contribution in [3.63, 3.8) is 0 Å². The molecule has 4 nitrogen and oxygen atoms in total. The molecular weight excluding hydrogens is 370 g/mol. The van der Waals surface area contributed by atoms with Gasteiger partial charge in [-0.15, -0.1) is 0 Å². The number of hydrogen-bond donors (Lipinski definition) is 1. The number of ether oxygens (including phenoxy) is 1. The standard InChI is InChI=1S/C26H45N3O/c1-20(2)12-15-29(23-8-10-25(11-9-23)30-19-26(5,6)7)24-13-14-28(18-24)17-22(27)16-21(3)4/h8-12,21-22,24H,13-19,27H2,1-7H3/t22?,24-/m0/s1. The summed E-state index contributed by atoms with van der Waals surface area (Å²) in [4.78, 5) is 5.10. The van der Waals surface area contributed by atoms with Crippen molar-refractivity contribution in [1.29, 1.82) is 0 Å². The maximum Gasteiger partial charge on any atom is 0.119 e. The SMILES string of the molecule is CC(C)=CCN(c1ccc(OCC(C)(C)C)cc1)[C@H]1CCN(CC(N)CC(C)C)C1. The van der Waals surface area contributed by atoms with E-state index < -0.39 is 0 Å². The van der Waals surface area contributed by atoms with Gasteiger partial charge in [-0.3, -0.25) is 4.90 Å². The summed E-state index contributed by atoms with van der Waals surface area (Å²) in [5, 5.41) is 0. The molecule has 4 heteroatoms. The van der Waals surface area contributed by atoms with Crippen LogP contribution in [0.3, 0.4) is 0 Å². The molecule has 1 saturated heterocycles. The molecular formula is C26H45N3O. The zero-order valence-corrected chi connectivity index (χ0v) is 20.4. The summed E-state index contributed by atoms with van der Waals surface area (Å²) in [5.41, 5.74) is 9.18. The molecule has 1 fully saturated rings. The molecule has 1 unspecified atom stereocenters. The van der Waals surface area contributed by atoms with Crippen LogP contribution in [0.1, 0.15) is 61.3 Å². The topological polar surface area (TPSA) is 41.7 Å². The van der Waals surface area contributed by atoms with Gasteiger partial charge in [-0.2, -0.15) is 0 Å². The van der Waals surface area contributed by atoms with Crippen molar-refractivity contribution < 1.29 is 4.74 Å². The Balaban J connectivity index is 2.04. The van der Waals surface area contributed by atoms with Crippen LogP contribution in [0.2, 0.25) is 0 Å². The Morgan fingerprint density at radius 2 is 1.90 bits per heavy atom. The summed E-state index contributed by atoms with van der Waals surface area (Å²) in [6.07, 6.45) is 4.61. The number of benzene rings is 1. The maximum absolute atomic E-state index is 6.38. The lowest BCUT2D eigenvalue weighted by atomic mass is 9.99. The zero-order valence-electron chi connectivity index (χ0n) is 20.4. The molecule has 0 saturated carbocycles. The molecule has 1 aromatic carbocycles. The van der Waals surface area contributed by atoms with Gasteiger partial charge in [-0.05, 0) is 62.3 Å². The summed E-state index contributed by atoms with van der Waals surface area (Å²) >= 11 is 0. The molecule has 170 valence electrons. The van der Waals surface area contributed by atoms with Crippen LogP contribution in [0.5, 0.6) is 5.75 Å². The van der Waals surface area contributed by atoms with Gasteiger partial charge in [0.1, 0.15) is 5.75 Å². The number of rotatable bonds is 10. The van der Waals surface area contributed by atoms with Crippen molar-refractivity contribution in [3.8, 4) is 5.75 Å². The van der Waals surface area contributed by atoms with Crippen LogP contribution in [0.25, 0.3) is 0 Å². The fraction of sp³-hybridized carbons (Fsp3) is 0.692. The van der Waals surface area contributed by atoms with Gasteiger partial charge in [0.25, 0.3) is 0 Å². The average molecular weight is 416 g/mol. The molecule has 0 radical (unpaired) electrons. The quantitative estimate of drug-likeness (QED) is 0.524. The number of likely N-dealkylation sites (tertiary alicyclic amines) is 1. The van der Waals surface area contributed by atoms with Crippen LogP contribution in [0.15, 0.2) is 35.9 Å². The maximum atomic E-state index is 6.38. The lowest BCUT2D eigenvalue weighted by Crippen LogP contribution is -2.41. The largest absolute Gasteiger partial charge is 0.493 e. The third-order valence-electron chi connectivity index (χ3n) is 5.49. The fourth-order valence-corrected chi connectivity index (χ4v) is 4.02. The molecule has 1 aromatic rings. The Morgan fingerprint density at radius 3 is 2.47 bits per heavy atom. The molecule has 0 aliphatic carbocycles. The van der Waals surface area contributed by atoms with Crippen molar-refractivity contribution >= 4 is 5.69 Å². The van der Waals surface area contributed by atoms with E-state index in [0.717, 1.165) is 45.0 Å². The molecule has 2 atom stereocenters. The van der Waals surface area contributed by atoms with Crippen LogP contribution in [-0.4, -0.2) is 49.8 Å². The number of hydrogen-bond acceptors (Lipinski definition) is 4. The van der Waals surface area contributed by atoms with Gasteiger partial charge >= 0.3 is 0 Å². The average Bonchev–Trinajstić information content (AvgIpc) is 3.07. The van der Waals surface area contributed by atoms with E-state index in [1.807, 2.05) is 0 Å². The third-order valence-corrected chi connectivity index (χ3v) is 5.49. The number of nitrogens with zero attached hydrogens (tertiary/aromatic N) is 2. The molecule has 2 rings (SSSR count). The van der Waals surface area contributed by atoms with Crippen molar-refractivity contribution in [2.75, 3.05) is 37.7 Å². The Bertz CT molecular complexity index is 656. The summed E-state index contributed by atoms with van der Waals surface area (Å²) in [6.45, 7) is 20.3. The Kier molecular flexibility index (Phi) is 9.24. The van der Waals surface area contributed by atoms with Gasteiger partial charge in [-0.1, -0.05) is 46.3 Å².